The van der Waals surface area contributed by atoms with Gasteiger partial charge in [0, 0.05) is 13.1 Å². The second-order valence-corrected chi connectivity index (χ2v) is 4.47. The van der Waals surface area contributed by atoms with Crippen molar-refractivity contribution < 1.29 is 19.0 Å². The highest BCUT2D eigenvalue weighted by molar-refractivity contribution is 5.93. The van der Waals surface area contributed by atoms with Crippen molar-refractivity contribution >= 4 is 11.8 Å². The highest BCUT2D eigenvalue weighted by Crippen LogP contribution is 2.22. The number of aromatic carboxylic acids is 1. The van der Waals surface area contributed by atoms with Crippen LogP contribution in [0.3, 0.4) is 0 Å². The van der Waals surface area contributed by atoms with Crippen LogP contribution in [0.2, 0.25) is 0 Å². The molecule has 1 aromatic heterocycles. The molecule has 1 aromatic rings. The average Bonchev–Trinajstić information content (AvgIpc) is 2.27. The third-order valence-corrected chi connectivity index (χ3v) is 2.79. The van der Waals surface area contributed by atoms with Gasteiger partial charge in [-0.3, -0.25) is 0 Å². The van der Waals surface area contributed by atoms with Crippen LogP contribution in [0, 0.1) is 5.95 Å². The van der Waals surface area contributed by atoms with Crippen LogP contribution in [0.4, 0.5) is 10.2 Å². The lowest BCUT2D eigenvalue weighted by Gasteiger charge is -2.36. The van der Waals surface area contributed by atoms with Gasteiger partial charge in [0.2, 0.25) is 5.95 Å². The normalized spacial score (nSPS) is 24.1. The molecule has 2 atom stereocenters. The van der Waals surface area contributed by atoms with E-state index in [9.17, 15) is 9.18 Å². The molecule has 5 nitrogen and oxygen atoms in total. The fourth-order valence-corrected chi connectivity index (χ4v) is 2.18. The number of anilines is 1. The van der Waals surface area contributed by atoms with Gasteiger partial charge in [-0.15, -0.1) is 0 Å². The summed E-state index contributed by atoms with van der Waals surface area (Å²) < 4.78 is 18.8. The van der Waals surface area contributed by atoms with Crippen molar-refractivity contribution in [3.8, 4) is 0 Å². The maximum atomic E-state index is 13.2. The lowest BCUT2D eigenvalue weighted by atomic mass is 10.2. The number of ether oxygens (including phenoxy) is 1. The number of carbonyl (C=O) groups is 1. The molecule has 0 saturated carbocycles. The van der Waals surface area contributed by atoms with E-state index in [1.54, 1.807) is 4.90 Å². The van der Waals surface area contributed by atoms with Gasteiger partial charge in [0.15, 0.2) is 0 Å². The van der Waals surface area contributed by atoms with Gasteiger partial charge in [0.1, 0.15) is 11.4 Å². The van der Waals surface area contributed by atoms with Crippen LogP contribution < -0.4 is 4.90 Å². The summed E-state index contributed by atoms with van der Waals surface area (Å²) in [7, 11) is 0. The van der Waals surface area contributed by atoms with Crippen molar-refractivity contribution in [1.82, 2.24) is 4.98 Å². The summed E-state index contributed by atoms with van der Waals surface area (Å²) in [6.07, 6.45) is -0.0825. The van der Waals surface area contributed by atoms with Crippen molar-refractivity contribution in [2.45, 2.75) is 26.1 Å². The Bertz CT molecular complexity index is 457. The van der Waals surface area contributed by atoms with E-state index >= 15 is 0 Å². The second kappa shape index (κ2) is 4.89. The number of morpholine rings is 1. The van der Waals surface area contributed by atoms with Crippen molar-refractivity contribution in [3.63, 3.8) is 0 Å². The van der Waals surface area contributed by atoms with E-state index in [1.165, 1.54) is 6.07 Å². The molecular weight excluding hydrogens is 239 g/mol. The molecule has 0 amide bonds. The van der Waals surface area contributed by atoms with E-state index in [1.807, 2.05) is 13.8 Å². The third kappa shape index (κ3) is 2.59. The smallest absolute Gasteiger partial charge is 0.339 e. The van der Waals surface area contributed by atoms with Gasteiger partial charge >= 0.3 is 5.97 Å². The van der Waals surface area contributed by atoms with Crippen LogP contribution in [0.1, 0.15) is 24.2 Å². The minimum atomic E-state index is -1.11. The molecule has 1 N–H and O–H groups in total. The molecule has 0 aliphatic carbocycles. The molecule has 0 spiro atoms. The highest BCUT2D eigenvalue weighted by atomic mass is 19.1. The molecule has 6 heteroatoms. The number of rotatable bonds is 2. The Hall–Kier alpha value is -1.69. The Kier molecular flexibility index (Phi) is 3.47. The lowest BCUT2D eigenvalue weighted by molar-refractivity contribution is -0.00561. The van der Waals surface area contributed by atoms with Crippen molar-refractivity contribution in [1.29, 1.82) is 0 Å². The molecule has 1 saturated heterocycles. The van der Waals surface area contributed by atoms with Crippen LogP contribution >= 0.6 is 0 Å². The van der Waals surface area contributed by atoms with Gasteiger partial charge in [0.25, 0.3) is 0 Å². The number of hydrogen-bond acceptors (Lipinski definition) is 4. The average molecular weight is 254 g/mol. The minimum absolute atomic E-state index is 0.0118. The number of nitrogens with zero attached hydrogens (tertiary/aromatic N) is 2. The molecule has 2 heterocycles. The SMILES string of the molecule is C[C@@H]1CN(c2nc(F)ccc2C(=O)O)C[C@H](C)O1. The largest absolute Gasteiger partial charge is 0.478 e. The van der Waals surface area contributed by atoms with E-state index in [0.29, 0.717) is 13.1 Å². The Labute approximate surface area is 104 Å². The van der Waals surface area contributed by atoms with E-state index in [-0.39, 0.29) is 23.6 Å². The molecule has 0 aromatic carbocycles. The molecule has 2 rings (SSSR count). The number of carboxylic acids is 1. The predicted molar refractivity (Wildman–Crippen MR) is 63.4 cm³/mol. The molecule has 18 heavy (non-hydrogen) atoms. The number of carboxylic acid groups (broad SMARTS) is 1. The summed E-state index contributed by atoms with van der Waals surface area (Å²) in [5.41, 5.74) is 0.0118. The minimum Gasteiger partial charge on any atom is -0.478 e. The summed E-state index contributed by atoms with van der Waals surface area (Å²) in [6, 6.07) is 2.30. The first-order chi connectivity index (χ1) is 8.47. The quantitative estimate of drug-likeness (QED) is 0.811. The standard InChI is InChI=1S/C12H15FN2O3/c1-7-5-15(6-8(2)18-7)11-9(12(16)17)3-4-10(13)14-11/h3-4,7-8H,5-6H2,1-2H3,(H,16,17)/t7-,8+. The first-order valence-corrected chi connectivity index (χ1v) is 5.77. The summed E-state index contributed by atoms with van der Waals surface area (Å²) in [4.78, 5) is 16.6. The van der Waals surface area contributed by atoms with E-state index in [4.69, 9.17) is 9.84 Å². The fraction of sp³-hybridized carbons (Fsp3) is 0.500. The molecule has 1 aliphatic heterocycles. The van der Waals surface area contributed by atoms with E-state index < -0.39 is 11.9 Å². The zero-order valence-electron chi connectivity index (χ0n) is 10.3. The summed E-state index contributed by atoms with van der Waals surface area (Å²) in [5, 5.41) is 9.10. The number of halogens is 1. The van der Waals surface area contributed by atoms with E-state index in [2.05, 4.69) is 4.98 Å². The van der Waals surface area contributed by atoms with Gasteiger partial charge in [-0.1, -0.05) is 0 Å². The van der Waals surface area contributed by atoms with Gasteiger partial charge in [-0.2, -0.15) is 4.39 Å². The first-order valence-electron chi connectivity index (χ1n) is 5.77. The maximum absolute atomic E-state index is 13.2. The van der Waals surface area contributed by atoms with Crippen LogP contribution in [0.15, 0.2) is 12.1 Å². The third-order valence-electron chi connectivity index (χ3n) is 2.79. The van der Waals surface area contributed by atoms with Crippen LogP contribution in [0.5, 0.6) is 0 Å². The molecule has 0 radical (unpaired) electrons. The Morgan fingerprint density at radius 2 is 2.06 bits per heavy atom. The van der Waals surface area contributed by atoms with Crippen LogP contribution in [-0.4, -0.2) is 41.4 Å². The molecule has 98 valence electrons. The Morgan fingerprint density at radius 1 is 1.44 bits per heavy atom. The monoisotopic (exact) mass is 254 g/mol. The maximum Gasteiger partial charge on any atom is 0.339 e. The zero-order chi connectivity index (χ0) is 13.3. The second-order valence-electron chi connectivity index (χ2n) is 4.47. The van der Waals surface area contributed by atoms with Gasteiger partial charge in [-0.05, 0) is 26.0 Å². The molecule has 1 aliphatic rings. The molecule has 0 unspecified atom stereocenters. The zero-order valence-corrected chi connectivity index (χ0v) is 10.3. The molecule has 0 bridgehead atoms. The van der Waals surface area contributed by atoms with Crippen molar-refractivity contribution in [2.75, 3.05) is 18.0 Å². The summed E-state index contributed by atoms with van der Waals surface area (Å²) in [5.74, 6) is -1.62. The summed E-state index contributed by atoms with van der Waals surface area (Å²) >= 11 is 0. The summed E-state index contributed by atoms with van der Waals surface area (Å²) in [6.45, 7) is 4.78. The highest BCUT2D eigenvalue weighted by Gasteiger charge is 2.26. The van der Waals surface area contributed by atoms with Crippen molar-refractivity contribution in [3.05, 3.63) is 23.6 Å². The molecular formula is C12H15FN2O3. The predicted octanol–water partition coefficient (Wildman–Crippen LogP) is 1.53. The lowest BCUT2D eigenvalue weighted by Crippen LogP contribution is -2.46. The van der Waals surface area contributed by atoms with E-state index in [0.717, 1.165) is 6.07 Å². The number of pyridine rings is 1. The van der Waals surface area contributed by atoms with Crippen molar-refractivity contribution in [2.24, 2.45) is 0 Å². The Morgan fingerprint density at radius 3 is 2.61 bits per heavy atom. The van der Waals surface area contributed by atoms with Gasteiger partial charge in [0.05, 0.1) is 12.2 Å². The number of aromatic nitrogens is 1. The molecule has 1 fully saturated rings. The van der Waals surface area contributed by atoms with Crippen LogP contribution in [0.25, 0.3) is 0 Å². The topological polar surface area (TPSA) is 62.7 Å². The Balaban J connectivity index is 2.36. The number of hydrogen-bond donors (Lipinski definition) is 1. The first kappa shape index (κ1) is 12.8. The fourth-order valence-electron chi connectivity index (χ4n) is 2.18. The van der Waals surface area contributed by atoms with Gasteiger partial charge < -0.3 is 14.7 Å². The van der Waals surface area contributed by atoms with Crippen LogP contribution in [-0.2, 0) is 4.74 Å². The van der Waals surface area contributed by atoms with Gasteiger partial charge in [-0.25, -0.2) is 9.78 Å².